The maximum atomic E-state index is 4.84. The minimum atomic E-state index is 0.487. The van der Waals surface area contributed by atoms with Crippen molar-refractivity contribution >= 4 is 6.01 Å². The summed E-state index contributed by atoms with van der Waals surface area (Å²) in [5, 5.41) is 6.56. The lowest BCUT2D eigenvalue weighted by Crippen LogP contribution is -1.96. The molecule has 1 aromatic rings. The molecular weight excluding hydrogens is 142 g/mol. The topological polar surface area (TPSA) is 51.0 Å². The molecule has 11 heavy (non-hydrogen) atoms. The fraction of sp³-hybridized carbons (Fsp3) is 0.714. The van der Waals surface area contributed by atoms with Crippen LogP contribution in [0.5, 0.6) is 0 Å². The number of hydrogen-bond acceptors (Lipinski definition) is 4. The zero-order valence-electron chi connectivity index (χ0n) is 7.09. The molecule has 0 saturated carbocycles. The molecule has 0 amide bonds. The lowest BCUT2D eigenvalue weighted by Gasteiger charge is -1.95. The third kappa shape index (κ3) is 2.22. The van der Waals surface area contributed by atoms with E-state index in [-0.39, 0.29) is 0 Å². The summed E-state index contributed by atoms with van der Waals surface area (Å²) in [6.07, 6.45) is 0.866. The predicted octanol–water partition coefficient (Wildman–Crippen LogP) is 1.31. The van der Waals surface area contributed by atoms with E-state index in [2.05, 4.69) is 29.3 Å². The van der Waals surface area contributed by atoms with Crippen LogP contribution in [0.15, 0.2) is 4.52 Å². The molecule has 0 atom stereocenters. The summed E-state index contributed by atoms with van der Waals surface area (Å²) in [6, 6.07) is 0.487. The largest absolute Gasteiger partial charge is 0.341 e. The van der Waals surface area contributed by atoms with E-state index in [0.29, 0.717) is 11.9 Å². The molecule has 0 saturated heterocycles. The first kappa shape index (κ1) is 8.04. The Morgan fingerprint density at radius 1 is 1.55 bits per heavy atom. The zero-order chi connectivity index (χ0) is 8.27. The van der Waals surface area contributed by atoms with Gasteiger partial charge < -0.3 is 9.84 Å². The van der Waals surface area contributed by atoms with Crippen LogP contribution in [0.1, 0.15) is 19.7 Å². The molecule has 4 nitrogen and oxygen atoms in total. The minimum Gasteiger partial charge on any atom is -0.341 e. The average Bonchev–Trinajstić information content (AvgIpc) is 2.34. The first-order valence-corrected chi connectivity index (χ1v) is 3.72. The molecule has 0 unspecified atom stereocenters. The van der Waals surface area contributed by atoms with Crippen LogP contribution in [-0.4, -0.2) is 17.2 Å². The van der Waals surface area contributed by atoms with Crippen LogP contribution in [-0.2, 0) is 6.42 Å². The fourth-order valence-electron chi connectivity index (χ4n) is 0.804. The summed E-state index contributed by atoms with van der Waals surface area (Å²) in [6.45, 7) is 4.24. The molecule has 0 aliphatic heterocycles. The SMILES string of the molecule is CNc1nc(CC(C)C)no1. The lowest BCUT2D eigenvalue weighted by atomic mass is 10.1. The Bertz CT molecular complexity index is 219. The van der Waals surface area contributed by atoms with Gasteiger partial charge in [0.1, 0.15) is 0 Å². The average molecular weight is 155 g/mol. The smallest absolute Gasteiger partial charge is 0.321 e. The first-order valence-electron chi connectivity index (χ1n) is 3.72. The van der Waals surface area contributed by atoms with Crippen molar-refractivity contribution in [3.8, 4) is 0 Å². The van der Waals surface area contributed by atoms with Crippen LogP contribution >= 0.6 is 0 Å². The van der Waals surface area contributed by atoms with E-state index in [0.717, 1.165) is 12.2 Å². The van der Waals surface area contributed by atoms with Gasteiger partial charge in [-0.15, -0.1) is 0 Å². The molecule has 0 radical (unpaired) electrons. The van der Waals surface area contributed by atoms with E-state index in [1.54, 1.807) is 7.05 Å². The highest BCUT2D eigenvalue weighted by molar-refractivity contribution is 5.15. The predicted molar refractivity (Wildman–Crippen MR) is 42.4 cm³/mol. The second-order valence-corrected chi connectivity index (χ2v) is 2.86. The number of hydrogen-bond donors (Lipinski definition) is 1. The maximum Gasteiger partial charge on any atom is 0.321 e. The Kier molecular flexibility index (Phi) is 2.46. The first-order chi connectivity index (χ1) is 5.22. The minimum absolute atomic E-state index is 0.487. The Balaban J connectivity index is 2.58. The van der Waals surface area contributed by atoms with E-state index < -0.39 is 0 Å². The highest BCUT2D eigenvalue weighted by Crippen LogP contribution is 2.06. The van der Waals surface area contributed by atoms with Gasteiger partial charge in [0.25, 0.3) is 0 Å². The molecule has 0 aliphatic rings. The zero-order valence-corrected chi connectivity index (χ0v) is 7.09. The molecule has 1 N–H and O–H groups in total. The van der Waals surface area contributed by atoms with Gasteiger partial charge in [-0.2, -0.15) is 4.98 Å². The summed E-state index contributed by atoms with van der Waals surface area (Å²) >= 11 is 0. The van der Waals surface area contributed by atoms with Gasteiger partial charge in [0.15, 0.2) is 5.82 Å². The molecular formula is C7H13N3O. The number of nitrogens with one attached hydrogen (secondary N) is 1. The van der Waals surface area contributed by atoms with Crippen molar-refractivity contribution in [3.63, 3.8) is 0 Å². The lowest BCUT2D eigenvalue weighted by molar-refractivity contribution is 0.419. The summed E-state index contributed by atoms with van der Waals surface area (Å²) < 4.78 is 4.84. The summed E-state index contributed by atoms with van der Waals surface area (Å²) in [5.41, 5.74) is 0. The van der Waals surface area contributed by atoms with Gasteiger partial charge >= 0.3 is 6.01 Å². The fourth-order valence-corrected chi connectivity index (χ4v) is 0.804. The highest BCUT2D eigenvalue weighted by atomic mass is 16.5. The molecule has 1 rings (SSSR count). The van der Waals surface area contributed by atoms with Gasteiger partial charge in [0.05, 0.1) is 0 Å². The van der Waals surface area contributed by atoms with Crippen LogP contribution in [0.2, 0.25) is 0 Å². The molecule has 0 bridgehead atoms. The second-order valence-electron chi connectivity index (χ2n) is 2.86. The Morgan fingerprint density at radius 2 is 2.27 bits per heavy atom. The van der Waals surface area contributed by atoms with Crippen LogP contribution in [0.25, 0.3) is 0 Å². The molecule has 1 heterocycles. The van der Waals surface area contributed by atoms with Crippen LogP contribution in [0.3, 0.4) is 0 Å². The summed E-state index contributed by atoms with van der Waals surface area (Å²) in [5.74, 6) is 1.33. The van der Waals surface area contributed by atoms with Gasteiger partial charge in [0, 0.05) is 13.5 Å². The van der Waals surface area contributed by atoms with Crippen molar-refractivity contribution in [1.82, 2.24) is 10.1 Å². The molecule has 0 spiro atoms. The third-order valence-electron chi connectivity index (χ3n) is 1.27. The van der Waals surface area contributed by atoms with E-state index in [4.69, 9.17) is 4.52 Å². The molecule has 4 heteroatoms. The van der Waals surface area contributed by atoms with Crippen LogP contribution < -0.4 is 5.32 Å². The third-order valence-corrected chi connectivity index (χ3v) is 1.27. The van der Waals surface area contributed by atoms with Crippen molar-refractivity contribution in [2.75, 3.05) is 12.4 Å². The van der Waals surface area contributed by atoms with E-state index in [1.807, 2.05) is 0 Å². The second kappa shape index (κ2) is 3.37. The molecule has 1 aromatic heterocycles. The Morgan fingerprint density at radius 3 is 2.73 bits per heavy atom. The standard InChI is InChI=1S/C7H13N3O/c1-5(2)4-6-9-7(8-3)11-10-6/h5H,4H2,1-3H3,(H,8,9,10). The summed E-state index contributed by atoms with van der Waals surface area (Å²) in [7, 11) is 1.76. The molecule has 0 aromatic carbocycles. The van der Waals surface area contributed by atoms with E-state index in [9.17, 15) is 0 Å². The van der Waals surface area contributed by atoms with Crippen molar-refractivity contribution in [1.29, 1.82) is 0 Å². The Hall–Kier alpha value is -1.06. The van der Waals surface area contributed by atoms with Gasteiger partial charge in [-0.25, -0.2) is 0 Å². The van der Waals surface area contributed by atoms with Gasteiger partial charge in [-0.3, -0.25) is 0 Å². The van der Waals surface area contributed by atoms with Crippen molar-refractivity contribution in [2.24, 2.45) is 5.92 Å². The molecule has 62 valence electrons. The number of nitrogens with zero attached hydrogens (tertiary/aromatic N) is 2. The highest BCUT2D eigenvalue weighted by Gasteiger charge is 2.05. The maximum absolute atomic E-state index is 4.84. The monoisotopic (exact) mass is 155 g/mol. The van der Waals surface area contributed by atoms with Crippen molar-refractivity contribution < 1.29 is 4.52 Å². The van der Waals surface area contributed by atoms with E-state index in [1.165, 1.54) is 0 Å². The Labute approximate surface area is 66.0 Å². The number of anilines is 1. The number of rotatable bonds is 3. The van der Waals surface area contributed by atoms with Gasteiger partial charge in [0.2, 0.25) is 0 Å². The van der Waals surface area contributed by atoms with Crippen molar-refractivity contribution in [2.45, 2.75) is 20.3 Å². The molecule has 0 aliphatic carbocycles. The normalized spacial score (nSPS) is 10.5. The van der Waals surface area contributed by atoms with Crippen molar-refractivity contribution in [3.05, 3.63) is 5.82 Å². The van der Waals surface area contributed by atoms with Crippen LogP contribution in [0.4, 0.5) is 6.01 Å². The number of aromatic nitrogens is 2. The molecule has 0 fully saturated rings. The van der Waals surface area contributed by atoms with Crippen LogP contribution in [0, 0.1) is 5.92 Å². The van der Waals surface area contributed by atoms with Gasteiger partial charge in [-0.1, -0.05) is 19.0 Å². The van der Waals surface area contributed by atoms with Gasteiger partial charge in [-0.05, 0) is 5.92 Å². The van der Waals surface area contributed by atoms with E-state index >= 15 is 0 Å². The summed E-state index contributed by atoms with van der Waals surface area (Å²) in [4.78, 5) is 4.08. The quantitative estimate of drug-likeness (QED) is 0.715.